The van der Waals surface area contributed by atoms with Crippen LogP contribution in [0.5, 0.6) is 0 Å². The summed E-state index contributed by atoms with van der Waals surface area (Å²) in [6, 6.07) is 0. The molecule has 1 heterocycles. The van der Waals surface area contributed by atoms with Gasteiger partial charge in [-0.1, -0.05) is 58.3 Å². The van der Waals surface area contributed by atoms with Gasteiger partial charge in [0, 0.05) is 19.6 Å². The van der Waals surface area contributed by atoms with Gasteiger partial charge in [0.25, 0.3) is 0 Å². The maximum atomic E-state index is 4.21. The van der Waals surface area contributed by atoms with Crippen molar-refractivity contribution in [1.82, 2.24) is 10.2 Å². The van der Waals surface area contributed by atoms with Gasteiger partial charge in [-0.05, 0) is 13.0 Å². The molecule has 0 unspecified atom stereocenters. The lowest BCUT2D eigenvalue weighted by atomic mass is 10.1. The standard InChI is InChI=1S/C16H33N3/c1-2-3-4-5-6-7-8-9-10-11-17-12-14-19-15-13-18-16-19/h16-17H,2-15H2,1H3. The number of hydrogen-bond acceptors (Lipinski definition) is 3. The van der Waals surface area contributed by atoms with E-state index < -0.39 is 0 Å². The molecule has 3 heteroatoms. The third kappa shape index (κ3) is 9.94. The lowest BCUT2D eigenvalue weighted by Gasteiger charge is -2.13. The van der Waals surface area contributed by atoms with Crippen LogP contribution in [0.4, 0.5) is 0 Å². The zero-order valence-electron chi connectivity index (χ0n) is 12.9. The molecule has 0 aromatic heterocycles. The van der Waals surface area contributed by atoms with E-state index >= 15 is 0 Å². The number of hydrogen-bond donors (Lipinski definition) is 1. The molecule has 0 saturated heterocycles. The van der Waals surface area contributed by atoms with Crippen LogP contribution < -0.4 is 5.32 Å². The molecule has 0 radical (unpaired) electrons. The number of rotatable bonds is 13. The first kappa shape index (κ1) is 16.5. The van der Waals surface area contributed by atoms with E-state index in [9.17, 15) is 0 Å². The summed E-state index contributed by atoms with van der Waals surface area (Å²) < 4.78 is 0. The van der Waals surface area contributed by atoms with Crippen LogP contribution in [-0.2, 0) is 0 Å². The minimum atomic E-state index is 0.984. The Balaban J connectivity index is 1.68. The zero-order valence-corrected chi connectivity index (χ0v) is 12.9. The van der Waals surface area contributed by atoms with Crippen LogP contribution in [0.3, 0.4) is 0 Å². The number of nitrogens with zero attached hydrogens (tertiary/aromatic N) is 2. The van der Waals surface area contributed by atoms with E-state index in [0.717, 1.165) is 26.2 Å². The average Bonchev–Trinajstić information content (AvgIpc) is 2.93. The molecule has 3 nitrogen and oxygen atoms in total. The highest BCUT2D eigenvalue weighted by atomic mass is 15.2. The number of aliphatic imine (C=N–C) groups is 1. The van der Waals surface area contributed by atoms with Gasteiger partial charge >= 0.3 is 0 Å². The van der Waals surface area contributed by atoms with E-state index in [1.165, 1.54) is 64.3 Å². The fourth-order valence-electron chi connectivity index (χ4n) is 2.49. The summed E-state index contributed by atoms with van der Waals surface area (Å²) >= 11 is 0. The van der Waals surface area contributed by atoms with Crippen molar-refractivity contribution in [2.45, 2.75) is 64.7 Å². The van der Waals surface area contributed by atoms with Crippen LogP contribution in [0, 0.1) is 0 Å². The van der Waals surface area contributed by atoms with Gasteiger partial charge in [-0.25, -0.2) is 0 Å². The van der Waals surface area contributed by atoms with Gasteiger partial charge in [-0.2, -0.15) is 0 Å². The Bertz CT molecular complexity index is 216. The highest BCUT2D eigenvalue weighted by molar-refractivity contribution is 5.56. The summed E-state index contributed by atoms with van der Waals surface area (Å²) in [5.74, 6) is 0. The molecule has 0 spiro atoms. The Hall–Kier alpha value is -0.570. The van der Waals surface area contributed by atoms with Gasteiger partial charge in [0.15, 0.2) is 0 Å². The Morgan fingerprint density at radius 2 is 1.63 bits per heavy atom. The van der Waals surface area contributed by atoms with E-state index in [1.807, 2.05) is 6.34 Å². The van der Waals surface area contributed by atoms with E-state index in [-0.39, 0.29) is 0 Å². The molecule has 0 bridgehead atoms. The first-order valence-corrected chi connectivity index (χ1v) is 8.38. The fraction of sp³-hybridized carbons (Fsp3) is 0.938. The van der Waals surface area contributed by atoms with E-state index in [4.69, 9.17) is 0 Å². The number of unbranched alkanes of at least 4 members (excludes halogenated alkanes) is 8. The van der Waals surface area contributed by atoms with Gasteiger partial charge in [0.05, 0.1) is 12.9 Å². The molecule has 0 aromatic rings. The molecule has 0 saturated carbocycles. The van der Waals surface area contributed by atoms with Crippen molar-refractivity contribution in [3.05, 3.63) is 0 Å². The van der Waals surface area contributed by atoms with Crippen molar-refractivity contribution in [2.24, 2.45) is 4.99 Å². The summed E-state index contributed by atoms with van der Waals surface area (Å²) in [6.45, 7) is 7.77. The molecule has 19 heavy (non-hydrogen) atoms. The lowest BCUT2D eigenvalue weighted by molar-refractivity contribution is 0.448. The maximum Gasteiger partial charge on any atom is 0.0851 e. The molecule has 1 aliphatic rings. The molecule has 112 valence electrons. The molecular formula is C16H33N3. The van der Waals surface area contributed by atoms with Crippen molar-refractivity contribution < 1.29 is 0 Å². The van der Waals surface area contributed by atoms with Gasteiger partial charge < -0.3 is 10.2 Å². The van der Waals surface area contributed by atoms with E-state index in [0.29, 0.717) is 0 Å². The van der Waals surface area contributed by atoms with Crippen LogP contribution in [0.25, 0.3) is 0 Å². The van der Waals surface area contributed by atoms with Crippen molar-refractivity contribution >= 4 is 6.34 Å². The Kier molecular flexibility index (Phi) is 10.8. The van der Waals surface area contributed by atoms with Gasteiger partial charge in [-0.3, -0.25) is 4.99 Å². The zero-order chi connectivity index (χ0) is 13.6. The number of nitrogens with one attached hydrogen (secondary N) is 1. The third-order valence-electron chi connectivity index (χ3n) is 3.79. The summed E-state index contributed by atoms with van der Waals surface area (Å²) in [5.41, 5.74) is 0. The molecular weight excluding hydrogens is 234 g/mol. The molecule has 1 N–H and O–H groups in total. The van der Waals surface area contributed by atoms with E-state index in [1.54, 1.807) is 0 Å². The van der Waals surface area contributed by atoms with E-state index in [2.05, 4.69) is 22.1 Å². The van der Waals surface area contributed by atoms with Crippen LogP contribution in [0.15, 0.2) is 4.99 Å². The Morgan fingerprint density at radius 1 is 0.947 bits per heavy atom. The van der Waals surface area contributed by atoms with Crippen molar-refractivity contribution in [1.29, 1.82) is 0 Å². The highest BCUT2D eigenvalue weighted by Crippen LogP contribution is 2.09. The third-order valence-corrected chi connectivity index (χ3v) is 3.79. The Labute approximate surface area is 119 Å². The topological polar surface area (TPSA) is 27.6 Å². The largest absolute Gasteiger partial charge is 0.360 e. The van der Waals surface area contributed by atoms with Crippen LogP contribution in [0.1, 0.15) is 64.7 Å². The monoisotopic (exact) mass is 267 g/mol. The van der Waals surface area contributed by atoms with Crippen molar-refractivity contribution in [2.75, 3.05) is 32.7 Å². The van der Waals surface area contributed by atoms with Crippen LogP contribution in [-0.4, -0.2) is 44.0 Å². The molecule has 1 rings (SSSR count). The summed E-state index contributed by atoms with van der Waals surface area (Å²) in [4.78, 5) is 6.51. The van der Waals surface area contributed by atoms with Crippen LogP contribution in [0.2, 0.25) is 0 Å². The fourth-order valence-corrected chi connectivity index (χ4v) is 2.49. The summed E-state index contributed by atoms with van der Waals surface area (Å²) in [5, 5.41) is 3.53. The van der Waals surface area contributed by atoms with Gasteiger partial charge in [-0.15, -0.1) is 0 Å². The smallest absolute Gasteiger partial charge is 0.0851 e. The van der Waals surface area contributed by atoms with Crippen molar-refractivity contribution in [3.8, 4) is 0 Å². The molecule has 0 atom stereocenters. The summed E-state index contributed by atoms with van der Waals surface area (Å²) in [7, 11) is 0. The minimum Gasteiger partial charge on any atom is -0.360 e. The Morgan fingerprint density at radius 3 is 2.26 bits per heavy atom. The van der Waals surface area contributed by atoms with Gasteiger partial charge in [0.2, 0.25) is 0 Å². The predicted molar refractivity (Wildman–Crippen MR) is 85.0 cm³/mol. The predicted octanol–water partition coefficient (Wildman–Crippen LogP) is 3.45. The highest BCUT2D eigenvalue weighted by Gasteiger charge is 2.03. The van der Waals surface area contributed by atoms with Gasteiger partial charge in [0.1, 0.15) is 0 Å². The quantitative estimate of drug-likeness (QED) is 0.518. The maximum absolute atomic E-state index is 4.21. The van der Waals surface area contributed by atoms with Crippen LogP contribution >= 0.6 is 0 Å². The first-order chi connectivity index (χ1) is 9.43. The molecule has 1 aliphatic heterocycles. The molecule has 0 amide bonds. The lowest BCUT2D eigenvalue weighted by Crippen LogP contribution is -2.30. The molecule has 0 fully saturated rings. The minimum absolute atomic E-state index is 0.984. The van der Waals surface area contributed by atoms with Crippen molar-refractivity contribution in [3.63, 3.8) is 0 Å². The molecule has 0 aliphatic carbocycles. The second-order valence-electron chi connectivity index (χ2n) is 5.64. The second kappa shape index (κ2) is 12.5. The normalized spacial score (nSPS) is 14.5. The molecule has 0 aromatic carbocycles. The second-order valence-corrected chi connectivity index (χ2v) is 5.64. The average molecular weight is 267 g/mol. The SMILES string of the molecule is CCCCCCCCCCCNCCN1C=NCC1. The summed E-state index contributed by atoms with van der Waals surface area (Å²) in [6.07, 6.45) is 14.7. The first-order valence-electron chi connectivity index (χ1n) is 8.38.